The number of nitrogens with one attached hydrogen (secondary N) is 1. The Bertz CT molecular complexity index is 861. The van der Waals surface area contributed by atoms with Crippen LogP contribution in [-0.4, -0.2) is 42.1 Å². The number of aliphatic carboxylic acids is 1. The maximum Gasteiger partial charge on any atom is 0.303 e. The van der Waals surface area contributed by atoms with Crippen molar-refractivity contribution in [2.45, 2.75) is 19.3 Å². The molecular formula is C20H22N2O6. The van der Waals surface area contributed by atoms with Gasteiger partial charge in [0.2, 0.25) is 5.91 Å². The largest absolute Gasteiger partial charge is 0.493 e. The number of carbonyl (C=O) groups is 2. The number of methoxy groups -OCH3 is 2. The van der Waals surface area contributed by atoms with Crippen molar-refractivity contribution in [2.75, 3.05) is 19.5 Å². The summed E-state index contributed by atoms with van der Waals surface area (Å²) in [6.45, 7) is 0. The van der Waals surface area contributed by atoms with Gasteiger partial charge in [0.15, 0.2) is 11.5 Å². The molecule has 2 rings (SSSR count). The number of rotatable bonds is 9. The maximum atomic E-state index is 12.3. The molecule has 0 aliphatic carbocycles. The second kappa shape index (κ2) is 9.96. The van der Waals surface area contributed by atoms with Gasteiger partial charge in [-0.15, -0.1) is 0 Å². The molecule has 0 bridgehead atoms. The summed E-state index contributed by atoms with van der Waals surface area (Å²) in [7, 11) is 3.08. The van der Waals surface area contributed by atoms with E-state index in [0.717, 1.165) is 5.56 Å². The second-order valence-corrected chi connectivity index (χ2v) is 5.93. The highest BCUT2D eigenvalue weighted by atomic mass is 16.5. The Labute approximate surface area is 162 Å². The molecule has 8 nitrogen and oxygen atoms in total. The van der Waals surface area contributed by atoms with Gasteiger partial charge in [-0.3, -0.25) is 9.59 Å². The molecule has 0 aliphatic rings. The van der Waals surface area contributed by atoms with Gasteiger partial charge < -0.3 is 25.1 Å². The smallest absolute Gasteiger partial charge is 0.303 e. The number of ether oxygens (including phenoxy) is 2. The normalized spacial score (nSPS) is 11.0. The molecular weight excluding hydrogens is 364 g/mol. The summed E-state index contributed by atoms with van der Waals surface area (Å²) < 4.78 is 10.4. The molecule has 2 aromatic carbocycles. The van der Waals surface area contributed by atoms with Crippen LogP contribution < -0.4 is 14.8 Å². The monoisotopic (exact) mass is 386 g/mol. The zero-order valence-electron chi connectivity index (χ0n) is 15.6. The van der Waals surface area contributed by atoms with Crippen LogP contribution >= 0.6 is 0 Å². The summed E-state index contributed by atoms with van der Waals surface area (Å²) in [5, 5.41) is 23.7. The van der Waals surface area contributed by atoms with Crippen LogP contribution in [0.3, 0.4) is 0 Å². The first-order chi connectivity index (χ1) is 13.5. The van der Waals surface area contributed by atoms with Gasteiger partial charge in [-0.25, -0.2) is 0 Å². The Hall–Kier alpha value is -3.55. The average molecular weight is 386 g/mol. The van der Waals surface area contributed by atoms with Crippen molar-refractivity contribution < 1.29 is 29.4 Å². The van der Waals surface area contributed by atoms with E-state index in [1.54, 1.807) is 49.6 Å². The molecule has 2 aromatic rings. The summed E-state index contributed by atoms with van der Waals surface area (Å²) >= 11 is 0. The Morgan fingerprint density at radius 2 is 1.68 bits per heavy atom. The van der Waals surface area contributed by atoms with Gasteiger partial charge in [-0.2, -0.15) is 0 Å². The van der Waals surface area contributed by atoms with Crippen molar-refractivity contribution in [1.82, 2.24) is 0 Å². The van der Waals surface area contributed by atoms with Crippen LogP contribution in [0.1, 0.15) is 24.0 Å². The topological polar surface area (TPSA) is 117 Å². The fraction of sp³-hybridized carbons (Fsp3) is 0.250. The first-order valence-corrected chi connectivity index (χ1v) is 8.50. The van der Waals surface area contributed by atoms with Crippen molar-refractivity contribution >= 4 is 23.3 Å². The Morgan fingerprint density at radius 1 is 1.00 bits per heavy atom. The lowest BCUT2D eigenvalue weighted by Crippen LogP contribution is -2.14. The van der Waals surface area contributed by atoms with Gasteiger partial charge in [0.1, 0.15) is 0 Å². The standard InChI is InChI=1S/C20H22N2O6/c1-27-17-9-3-13(11-18(17)28-2)12-19(23)21-15-6-4-14(5-7-15)16(22-26)8-10-20(24)25/h3-7,9,11,26H,8,10,12H2,1-2H3,(H,21,23)(H,24,25). The van der Waals surface area contributed by atoms with E-state index in [2.05, 4.69) is 10.5 Å². The Balaban J connectivity index is 2.00. The summed E-state index contributed by atoms with van der Waals surface area (Å²) in [5.74, 6) is -0.0390. The highest BCUT2D eigenvalue weighted by Gasteiger charge is 2.10. The third-order valence-corrected chi connectivity index (χ3v) is 4.01. The van der Waals surface area contributed by atoms with E-state index in [-0.39, 0.29) is 30.9 Å². The first kappa shape index (κ1) is 20.8. The zero-order chi connectivity index (χ0) is 20.5. The van der Waals surface area contributed by atoms with Crippen LogP contribution in [0.2, 0.25) is 0 Å². The Kier molecular flexibility index (Phi) is 7.38. The minimum atomic E-state index is -0.972. The quantitative estimate of drug-likeness (QED) is 0.346. The number of benzene rings is 2. The van der Waals surface area contributed by atoms with Gasteiger partial charge >= 0.3 is 5.97 Å². The predicted molar refractivity (Wildman–Crippen MR) is 104 cm³/mol. The van der Waals surface area contributed by atoms with Crippen LogP contribution in [0.5, 0.6) is 11.5 Å². The van der Waals surface area contributed by atoms with Crippen LogP contribution in [0.25, 0.3) is 0 Å². The third kappa shape index (κ3) is 5.73. The molecule has 0 heterocycles. The lowest BCUT2D eigenvalue weighted by Gasteiger charge is -2.10. The number of hydrogen-bond donors (Lipinski definition) is 3. The average Bonchev–Trinajstić information content (AvgIpc) is 2.69. The molecule has 0 radical (unpaired) electrons. The number of anilines is 1. The van der Waals surface area contributed by atoms with Crippen molar-refractivity contribution in [1.29, 1.82) is 0 Å². The summed E-state index contributed by atoms with van der Waals surface area (Å²) in [6, 6.07) is 11.9. The van der Waals surface area contributed by atoms with Crippen molar-refractivity contribution in [2.24, 2.45) is 5.16 Å². The summed E-state index contributed by atoms with van der Waals surface area (Å²) in [5.41, 5.74) is 2.20. The molecule has 28 heavy (non-hydrogen) atoms. The van der Waals surface area contributed by atoms with Gasteiger partial charge in [0.05, 0.1) is 32.8 Å². The third-order valence-electron chi connectivity index (χ3n) is 4.01. The number of nitrogens with zero attached hydrogens (tertiary/aromatic N) is 1. The Morgan fingerprint density at radius 3 is 2.25 bits per heavy atom. The number of amides is 1. The van der Waals surface area contributed by atoms with E-state index in [1.165, 1.54) is 7.11 Å². The number of carbonyl (C=O) groups excluding carboxylic acids is 1. The molecule has 1 amide bonds. The molecule has 0 spiro atoms. The predicted octanol–water partition coefficient (Wildman–Crippen LogP) is 2.93. The summed E-state index contributed by atoms with van der Waals surface area (Å²) in [6.07, 6.45) is 0.129. The van der Waals surface area contributed by atoms with E-state index >= 15 is 0 Å². The van der Waals surface area contributed by atoms with Crippen molar-refractivity contribution in [3.05, 3.63) is 53.6 Å². The molecule has 3 N–H and O–H groups in total. The lowest BCUT2D eigenvalue weighted by atomic mass is 10.1. The van der Waals surface area contributed by atoms with E-state index in [1.807, 2.05) is 0 Å². The fourth-order valence-electron chi connectivity index (χ4n) is 2.60. The number of oxime groups is 1. The molecule has 148 valence electrons. The van der Waals surface area contributed by atoms with Crippen molar-refractivity contribution in [3.63, 3.8) is 0 Å². The molecule has 8 heteroatoms. The van der Waals surface area contributed by atoms with Gasteiger partial charge in [0, 0.05) is 12.1 Å². The highest BCUT2D eigenvalue weighted by molar-refractivity contribution is 6.02. The van der Waals surface area contributed by atoms with E-state index in [4.69, 9.17) is 19.8 Å². The molecule has 0 saturated heterocycles. The van der Waals surface area contributed by atoms with Crippen LogP contribution in [-0.2, 0) is 16.0 Å². The molecule has 0 aromatic heterocycles. The molecule has 0 aliphatic heterocycles. The van der Waals surface area contributed by atoms with Crippen LogP contribution in [0.15, 0.2) is 47.6 Å². The molecule has 0 saturated carbocycles. The minimum absolute atomic E-state index is 0.108. The molecule has 0 atom stereocenters. The SMILES string of the molecule is COc1ccc(CC(=O)Nc2ccc(C(CCC(=O)O)=NO)cc2)cc1OC. The number of carboxylic acids is 1. The second-order valence-electron chi connectivity index (χ2n) is 5.93. The fourth-order valence-corrected chi connectivity index (χ4v) is 2.60. The maximum absolute atomic E-state index is 12.3. The lowest BCUT2D eigenvalue weighted by molar-refractivity contribution is -0.136. The first-order valence-electron chi connectivity index (χ1n) is 8.50. The highest BCUT2D eigenvalue weighted by Crippen LogP contribution is 2.27. The molecule has 0 fully saturated rings. The van der Waals surface area contributed by atoms with Crippen LogP contribution in [0, 0.1) is 0 Å². The van der Waals surface area contributed by atoms with Gasteiger partial charge in [-0.1, -0.05) is 23.4 Å². The van der Waals surface area contributed by atoms with E-state index in [9.17, 15) is 9.59 Å². The number of carboxylic acid groups (broad SMARTS) is 1. The zero-order valence-corrected chi connectivity index (χ0v) is 15.6. The van der Waals surface area contributed by atoms with E-state index in [0.29, 0.717) is 22.7 Å². The minimum Gasteiger partial charge on any atom is -0.493 e. The van der Waals surface area contributed by atoms with Crippen molar-refractivity contribution in [3.8, 4) is 11.5 Å². The summed E-state index contributed by atoms with van der Waals surface area (Å²) in [4.78, 5) is 22.9. The number of hydrogen-bond acceptors (Lipinski definition) is 6. The molecule has 0 unspecified atom stereocenters. The van der Waals surface area contributed by atoms with E-state index < -0.39 is 5.97 Å². The van der Waals surface area contributed by atoms with Crippen LogP contribution in [0.4, 0.5) is 5.69 Å². The van der Waals surface area contributed by atoms with Gasteiger partial charge in [0.25, 0.3) is 0 Å². The van der Waals surface area contributed by atoms with Gasteiger partial charge in [-0.05, 0) is 35.4 Å².